The molecule has 0 saturated heterocycles. The third kappa shape index (κ3) is 1.64. The number of carbonyl (C=O) groups is 1. The number of methoxy groups -OCH3 is 1. The highest BCUT2D eigenvalue weighted by Gasteiger charge is 2.69. The number of carbonyl (C=O) groups excluding carboxylic acids is 1. The average molecular weight is 244 g/mol. The maximum absolute atomic E-state index is 11.2. The van der Waals surface area contributed by atoms with Crippen LogP contribution in [0.2, 0.25) is 0 Å². The first kappa shape index (κ1) is 11.0. The fraction of sp³-hybridized carbons (Fsp3) is 0.600. The van der Waals surface area contributed by atoms with Crippen molar-refractivity contribution in [1.82, 2.24) is 0 Å². The number of rotatable bonds is 2. The molecule has 0 amide bonds. The van der Waals surface area contributed by atoms with Gasteiger partial charge in [0.1, 0.15) is 0 Å². The van der Waals surface area contributed by atoms with Gasteiger partial charge in [0.25, 0.3) is 0 Å². The Morgan fingerprint density at radius 2 is 2.38 bits per heavy atom. The predicted molar refractivity (Wildman–Crippen MR) is 54.6 cm³/mol. The van der Waals surface area contributed by atoms with Crippen LogP contribution < -0.4 is 5.73 Å². The van der Waals surface area contributed by atoms with Crippen LogP contribution in [-0.4, -0.2) is 27.8 Å². The van der Waals surface area contributed by atoms with E-state index in [-0.39, 0.29) is 5.17 Å². The van der Waals surface area contributed by atoms with Crippen LogP contribution >= 0.6 is 29.8 Å². The summed E-state index contributed by atoms with van der Waals surface area (Å²) < 4.78 is 6.63. The third-order valence-electron chi connectivity index (χ3n) is 1.56. The number of esters is 1. The first-order valence-electron chi connectivity index (χ1n) is 3.28. The molecule has 13 heavy (non-hydrogen) atoms. The van der Waals surface area contributed by atoms with Crippen LogP contribution in [0, 0.1) is 0 Å². The van der Waals surface area contributed by atoms with Crippen molar-refractivity contribution in [2.75, 3.05) is 7.11 Å². The quantitative estimate of drug-likeness (QED) is 0.428. The molecule has 0 aromatic heterocycles. The number of nitrogens with two attached hydrogens (primary N) is 1. The molecular weight excluding hydrogens is 235 g/mol. The Bertz CT molecular complexity index is 285. The molecule has 2 atom stereocenters. The summed E-state index contributed by atoms with van der Waals surface area (Å²) in [5.41, 5.74) is 5.26. The topological polar surface area (TPSA) is 84.9 Å². The normalized spacial score (nSPS) is 31.2. The molecule has 5 nitrogen and oxygen atoms in total. The summed E-state index contributed by atoms with van der Waals surface area (Å²) >= 11 is 6.78. The second-order valence-corrected chi connectivity index (χ2v) is 8.40. The molecule has 0 aromatic rings. The fourth-order valence-electron chi connectivity index (χ4n) is 0.755. The second-order valence-electron chi connectivity index (χ2n) is 2.52. The Balaban J connectivity index is 2.88. The van der Waals surface area contributed by atoms with Gasteiger partial charge in [-0.05, 0) is 0 Å². The zero-order valence-electron chi connectivity index (χ0n) is 7.02. The van der Waals surface area contributed by atoms with E-state index in [1.54, 1.807) is 0 Å². The van der Waals surface area contributed by atoms with Crippen LogP contribution in [0.15, 0.2) is 4.76 Å². The summed E-state index contributed by atoms with van der Waals surface area (Å²) in [5, 5.41) is 0.242. The zero-order valence-corrected chi connectivity index (χ0v) is 9.49. The van der Waals surface area contributed by atoms with Crippen molar-refractivity contribution in [2.45, 2.75) is 11.5 Å². The molecular formula is C5H9ClN2O3PS+. The van der Waals surface area contributed by atoms with Gasteiger partial charge in [0.15, 0.2) is 11.4 Å². The zero-order chi connectivity index (χ0) is 10.3. The molecule has 0 radical (unpaired) electrons. The van der Waals surface area contributed by atoms with Crippen LogP contribution in [0.1, 0.15) is 6.92 Å². The Hall–Kier alpha value is -0.0300. The van der Waals surface area contributed by atoms with E-state index in [9.17, 15) is 9.69 Å². The molecule has 0 aliphatic carbocycles. The van der Waals surface area contributed by atoms with Crippen molar-refractivity contribution in [3.05, 3.63) is 0 Å². The molecule has 2 unspecified atom stereocenters. The number of hydrogen-bond donors (Lipinski definition) is 2. The first-order valence-corrected chi connectivity index (χ1v) is 6.77. The van der Waals surface area contributed by atoms with Gasteiger partial charge < -0.3 is 10.5 Å². The maximum atomic E-state index is 11.2. The van der Waals surface area contributed by atoms with Crippen LogP contribution in [-0.2, 0) is 9.53 Å². The number of nitrogens with zero attached hydrogens (tertiary/aromatic N) is 1. The molecule has 1 heterocycles. The third-order valence-corrected chi connectivity index (χ3v) is 7.82. The smallest absolute Gasteiger partial charge is 0.371 e. The lowest BCUT2D eigenvalue weighted by Gasteiger charge is -2.28. The van der Waals surface area contributed by atoms with Gasteiger partial charge in [-0.1, -0.05) is 16.4 Å². The van der Waals surface area contributed by atoms with E-state index in [4.69, 9.17) is 17.3 Å². The van der Waals surface area contributed by atoms with Gasteiger partial charge in [-0.3, -0.25) is 0 Å². The SMILES string of the molecule is COC(=O)C(C)(Cl)[P+]1(O)N=C(N)S1. The minimum Gasteiger partial charge on any atom is -0.465 e. The molecule has 3 N–H and O–H groups in total. The number of hydrogen-bond acceptors (Lipinski definition) is 6. The van der Waals surface area contributed by atoms with Gasteiger partial charge in [-0.2, -0.15) is 0 Å². The molecule has 0 fully saturated rings. The maximum Gasteiger partial charge on any atom is 0.371 e. The standard InChI is InChI=1S/C5H9ClN2O3PS/c1-5(6,3(9)11-2)12(10)8-4(7)13-12/h10H,1-2H3,(H2,7,8)/q+1. The molecule has 74 valence electrons. The van der Waals surface area contributed by atoms with E-state index in [2.05, 4.69) is 9.50 Å². The number of amidine groups is 1. The van der Waals surface area contributed by atoms with E-state index >= 15 is 0 Å². The van der Waals surface area contributed by atoms with Gasteiger partial charge in [0, 0.05) is 6.92 Å². The Kier molecular flexibility index (Phi) is 2.78. The van der Waals surface area contributed by atoms with E-state index in [1.807, 2.05) is 0 Å². The molecule has 0 saturated carbocycles. The summed E-state index contributed by atoms with van der Waals surface area (Å²) in [7, 11) is 1.20. The second kappa shape index (κ2) is 3.28. The highest BCUT2D eigenvalue weighted by molar-refractivity contribution is 8.70. The van der Waals surface area contributed by atoms with Crippen LogP contribution in [0.3, 0.4) is 0 Å². The van der Waals surface area contributed by atoms with Gasteiger partial charge >= 0.3 is 17.4 Å². The summed E-state index contributed by atoms with van der Waals surface area (Å²) in [4.78, 5) is 21.0. The van der Waals surface area contributed by atoms with Crippen molar-refractivity contribution in [3.63, 3.8) is 0 Å². The monoisotopic (exact) mass is 243 g/mol. The van der Waals surface area contributed by atoms with Crippen LogP contribution in [0.5, 0.6) is 0 Å². The lowest BCUT2D eigenvalue weighted by atomic mass is 10.5. The highest BCUT2D eigenvalue weighted by atomic mass is 35.5. The minimum absolute atomic E-state index is 0.242. The minimum atomic E-state index is -2.90. The van der Waals surface area contributed by atoms with Crippen molar-refractivity contribution in [2.24, 2.45) is 10.5 Å². The summed E-state index contributed by atoms with van der Waals surface area (Å²) in [5.74, 6) is -0.700. The van der Waals surface area contributed by atoms with Crippen LogP contribution in [0.4, 0.5) is 0 Å². The highest BCUT2D eigenvalue weighted by Crippen LogP contribution is 2.83. The number of halogens is 1. The Morgan fingerprint density at radius 3 is 2.69 bits per heavy atom. The van der Waals surface area contributed by atoms with Crippen molar-refractivity contribution >= 4 is 41.0 Å². The predicted octanol–water partition coefficient (Wildman–Crippen LogP) is 0.931. The van der Waals surface area contributed by atoms with E-state index in [1.165, 1.54) is 14.0 Å². The molecule has 0 bridgehead atoms. The lowest BCUT2D eigenvalue weighted by molar-refractivity contribution is -0.141. The van der Waals surface area contributed by atoms with Crippen molar-refractivity contribution in [1.29, 1.82) is 0 Å². The summed E-state index contributed by atoms with van der Waals surface area (Å²) in [6, 6.07) is 0. The average Bonchev–Trinajstić information content (AvgIpc) is 2.00. The Morgan fingerprint density at radius 1 is 1.92 bits per heavy atom. The molecule has 1 rings (SSSR count). The van der Waals surface area contributed by atoms with E-state index in [0.29, 0.717) is 0 Å². The molecule has 1 aliphatic heterocycles. The number of ether oxygens (including phenoxy) is 1. The molecule has 0 spiro atoms. The van der Waals surface area contributed by atoms with E-state index in [0.717, 1.165) is 11.4 Å². The molecule has 1 aliphatic rings. The van der Waals surface area contributed by atoms with E-state index < -0.39 is 17.4 Å². The number of alkyl halides is 1. The van der Waals surface area contributed by atoms with Gasteiger partial charge in [0.05, 0.1) is 7.11 Å². The summed E-state index contributed by atoms with van der Waals surface area (Å²) in [6.45, 7) is -1.53. The van der Waals surface area contributed by atoms with Gasteiger partial charge in [-0.15, -0.1) is 0 Å². The van der Waals surface area contributed by atoms with Crippen LogP contribution in [0.25, 0.3) is 0 Å². The lowest BCUT2D eigenvalue weighted by Crippen LogP contribution is -2.35. The molecule has 8 heteroatoms. The Labute approximate surface area is 84.9 Å². The largest absolute Gasteiger partial charge is 0.465 e. The van der Waals surface area contributed by atoms with Gasteiger partial charge in [-0.25, -0.2) is 9.69 Å². The fourth-order valence-corrected chi connectivity index (χ4v) is 4.51. The van der Waals surface area contributed by atoms with Crippen molar-refractivity contribution in [3.8, 4) is 0 Å². The first-order chi connectivity index (χ1) is 5.83. The van der Waals surface area contributed by atoms with Crippen molar-refractivity contribution < 1.29 is 14.4 Å². The van der Waals surface area contributed by atoms with Gasteiger partial charge in [0.2, 0.25) is 5.17 Å². The summed E-state index contributed by atoms with van der Waals surface area (Å²) in [6.07, 6.45) is 0. The molecule has 0 aromatic carbocycles.